The van der Waals surface area contributed by atoms with Gasteiger partial charge in [-0.05, 0) is 17.8 Å². The molecular formula is C9H18O2. The molecule has 0 bridgehead atoms. The van der Waals surface area contributed by atoms with Gasteiger partial charge < -0.3 is 10.2 Å². The van der Waals surface area contributed by atoms with Gasteiger partial charge in [-0.2, -0.15) is 0 Å². The molecule has 1 unspecified atom stereocenters. The van der Waals surface area contributed by atoms with Crippen LogP contribution in [0.3, 0.4) is 0 Å². The maximum Gasteiger partial charge on any atom is 0.163 e. The van der Waals surface area contributed by atoms with Crippen molar-refractivity contribution in [3.63, 3.8) is 0 Å². The van der Waals surface area contributed by atoms with Crippen LogP contribution >= 0.6 is 0 Å². The third-order valence-electron chi connectivity index (χ3n) is 2.34. The van der Waals surface area contributed by atoms with E-state index in [1.807, 2.05) is 0 Å². The molecule has 0 heterocycles. The van der Waals surface area contributed by atoms with Gasteiger partial charge in [-0.25, -0.2) is 0 Å². The maximum atomic E-state index is 9.44. The van der Waals surface area contributed by atoms with Crippen LogP contribution < -0.4 is 0 Å². The molecule has 0 spiro atoms. The van der Waals surface area contributed by atoms with E-state index in [2.05, 4.69) is 20.8 Å². The highest BCUT2D eigenvalue weighted by Crippen LogP contribution is 2.42. The van der Waals surface area contributed by atoms with Crippen LogP contribution in [-0.4, -0.2) is 16.0 Å². The largest absolute Gasteiger partial charge is 0.366 e. The molecule has 2 N–H and O–H groups in total. The first kappa shape index (κ1) is 9.01. The highest BCUT2D eigenvalue weighted by Gasteiger charge is 2.39. The van der Waals surface area contributed by atoms with Crippen molar-refractivity contribution in [2.75, 3.05) is 0 Å². The van der Waals surface area contributed by atoms with Gasteiger partial charge >= 0.3 is 0 Å². The molecule has 1 aliphatic rings. The fraction of sp³-hybridized carbons (Fsp3) is 1.00. The van der Waals surface area contributed by atoms with Crippen LogP contribution in [0.2, 0.25) is 0 Å². The molecule has 11 heavy (non-hydrogen) atoms. The molecule has 0 amide bonds. The van der Waals surface area contributed by atoms with Crippen LogP contribution in [0.15, 0.2) is 0 Å². The Labute approximate surface area is 68.2 Å². The minimum absolute atomic E-state index is 0.0845. The summed E-state index contributed by atoms with van der Waals surface area (Å²) in [6.45, 7) is 6.25. The summed E-state index contributed by atoms with van der Waals surface area (Å²) in [5, 5.41) is 18.9. The summed E-state index contributed by atoms with van der Waals surface area (Å²) in [6, 6.07) is 0. The van der Waals surface area contributed by atoms with Gasteiger partial charge in [-0.3, -0.25) is 0 Å². The Morgan fingerprint density at radius 3 is 2.09 bits per heavy atom. The molecule has 1 fully saturated rings. The fourth-order valence-electron chi connectivity index (χ4n) is 2.48. The molecule has 66 valence electrons. The quantitative estimate of drug-likeness (QED) is 0.525. The smallest absolute Gasteiger partial charge is 0.163 e. The predicted molar refractivity (Wildman–Crippen MR) is 44.0 cm³/mol. The normalized spacial score (nSPS) is 35.2. The summed E-state index contributed by atoms with van der Waals surface area (Å²) in [7, 11) is 0. The van der Waals surface area contributed by atoms with Crippen LogP contribution in [0, 0.1) is 11.3 Å². The van der Waals surface area contributed by atoms with Crippen molar-refractivity contribution < 1.29 is 10.2 Å². The summed E-state index contributed by atoms with van der Waals surface area (Å²) < 4.78 is 0. The maximum absolute atomic E-state index is 9.44. The third-order valence-corrected chi connectivity index (χ3v) is 2.34. The zero-order valence-electron chi connectivity index (χ0n) is 7.59. The summed E-state index contributed by atoms with van der Waals surface area (Å²) in [6.07, 6.45) is 2.12. The Bertz CT molecular complexity index is 134. The molecular weight excluding hydrogens is 140 g/mol. The highest BCUT2D eigenvalue weighted by molar-refractivity contribution is 4.86. The molecule has 1 saturated carbocycles. The Kier molecular flexibility index (Phi) is 2.01. The van der Waals surface area contributed by atoms with Gasteiger partial charge in [0, 0.05) is 12.8 Å². The lowest BCUT2D eigenvalue weighted by atomic mass is 9.70. The van der Waals surface area contributed by atoms with Crippen molar-refractivity contribution in [3.05, 3.63) is 0 Å². The molecule has 0 aromatic rings. The van der Waals surface area contributed by atoms with E-state index in [1.165, 1.54) is 0 Å². The molecule has 0 radical (unpaired) electrons. The molecule has 2 heteroatoms. The van der Waals surface area contributed by atoms with Gasteiger partial charge in [0.1, 0.15) is 0 Å². The average Bonchev–Trinajstić information content (AvgIpc) is 1.49. The van der Waals surface area contributed by atoms with Crippen molar-refractivity contribution >= 4 is 0 Å². The molecule has 2 nitrogen and oxygen atoms in total. The Hall–Kier alpha value is -0.0800. The van der Waals surface area contributed by atoms with E-state index in [4.69, 9.17) is 0 Å². The highest BCUT2D eigenvalue weighted by atomic mass is 16.5. The average molecular weight is 158 g/mol. The number of hydrogen-bond donors (Lipinski definition) is 2. The predicted octanol–water partition coefficient (Wildman–Crippen LogP) is 1.51. The van der Waals surface area contributed by atoms with E-state index in [0.717, 1.165) is 6.42 Å². The zero-order chi connectivity index (χ0) is 8.70. The van der Waals surface area contributed by atoms with E-state index < -0.39 is 5.79 Å². The van der Waals surface area contributed by atoms with Crippen molar-refractivity contribution in [1.82, 2.24) is 0 Å². The van der Waals surface area contributed by atoms with Gasteiger partial charge in [0.25, 0.3) is 0 Å². The van der Waals surface area contributed by atoms with Gasteiger partial charge in [0.05, 0.1) is 0 Å². The minimum Gasteiger partial charge on any atom is -0.366 e. The Morgan fingerprint density at radius 2 is 1.73 bits per heavy atom. The second-order valence-corrected chi connectivity index (χ2v) is 4.84. The lowest BCUT2D eigenvalue weighted by molar-refractivity contribution is -0.211. The van der Waals surface area contributed by atoms with Gasteiger partial charge in [-0.15, -0.1) is 0 Å². The van der Waals surface area contributed by atoms with Gasteiger partial charge in [0.2, 0.25) is 0 Å². The van der Waals surface area contributed by atoms with Crippen LogP contribution in [0.25, 0.3) is 0 Å². The number of rotatable bonds is 0. The summed E-state index contributed by atoms with van der Waals surface area (Å²) >= 11 is 0. The Morgan fingerprint density at radius 1 is 1.18 bits per heavy atom. The summed E-state index contributed by atoms with van der Waals surface area (Å²) in [5.41, 5.74) is 0.0845. The van der Waals surface area contributed by atoms with Crippen LogP contribution in [-0.2, 0) is 0 Å². The zero-order valence-corrected chi connectivity index (χ0v) is 7.59. The van der Waals surface area contributed by atoms with E-state index in [-0.39, 0.29) is 5.41 Å². The first-order chi connectivity index (χ1) is 4.81. The van der Waals surface area contributed by atoms with Crippen molar-refractivity contribution in [3.8, 4) is 0 Å². The van der Waals surface area contributed by atoms with Crippen LogP contribution in [0.1, 0.15) is 40.0 Å². The molecule has 1 aliphatic carbocycles. The second-order valence-electron chi connectivity index (χ2n) is 4.84. The molecule has 0 aromatic carbocycles. The summed E-state index contributed by atoms with van der Waals surface area (Å²) in [4.78, 5) is 0. The van der Waals surface area contributed by atoms with Crippen LogP contribution in [0.5, 0.6) is 0 Å². The van der Waals surface area contributed by atoms with Crippen molar-refractivity contribution in [2.24, 2.45) is 11.3 Å². The monoisotopic (exact) mass is 158 g/mol. The van der Waals surface area contributed by atoms with Crippen molar-refractivity contribution in [2.45, 2.75) is 45.8 Å². The summed E-state index contributed by atoms with van der Waals surface area (Å²) in [5.74, 6) is -0.991. The lowest BCUT2D eigenvalue weighted by Crippen LogP contribution is -2.41. The topological polar surface area (TPSA) is 40.5 Å². The number of aliphatic hydroxyl groups is 2. The van der Waals surface area contributed by atoms with E-state index in [9.17, 15) is 10.2 Å². The second kappa shape index (κ2) is 2.46. The van der Waals surface area contributed by atoms with Crippen LogP contribution in [0.4, 0.5) is 0 Å². The Balaban J connectivity index is 2.66. The standard InChI is InChI=1S/C9H18O2/c1-7-4-8(2,3)6-9(10,11)5-7/h7,10-11H,4-6H2,1-3H3. The van der Waals surface area contributed by atoms with E-state index >= 15 is 0 Å². The SMILES string of the molecule is CC1CC(C)(C)CC(O)(O)C1. The first-order valence-corrected chi connectivity index (χ1v) is 4.26. The van der Waals surface area contributed by atoms with E-state index in [1.54, 1.807) is 0 Å². The minimum atomic E-state index is -1.42. The van der Waals surface area contributed by atoms with Crippen molar-refractivity contribution in [1.29, 1.82) is 0 Å². The number of hydrogen-bond acceptors (Lipinski definition) is 2. The first-order valence-electron chi connectivity index (χ1n) is 4.26. The molecule has 0 aromatic heterocycles. The third kappa shape index (κ3) is 2.46. The molecule has 1 atom stereocenters. The molecule has 0 aliphatic heterocycles. The molecule has 1 rings (SSSR count). The molecule has 0 saturated heterocycles. The van der Waals surface area contributed by atoms with E-state index in [0.29, 0.717) is 18.8 Å². The fourth-order valence-corrected chi connectivity index (χ4v) is 2.48. The lowest BCUT2D eigenvalue weighted by Gasteiger charge is -2.41. The van der Waals surface area contributed by atoms with Gasteiger partial charge in [0.15, 0.2) is 5.79 Å². The van der Waals surface area contributed by atoms with Gasteiger partial charge in [-0.1, -0.05) is 20.8 Å².